The molecule has 1 rings (SSSR count). The Morgan fingerprint density at radius 3 is 2.64 bits per heavy atom. The third kappa shape index (κ3) is 2.18. The van der Waals surface area contributed by atoms with Crippen molar-refractivity contribution in [3.63, 3.8) is 0 Å². The topological polar surface area (TPSA) is 83.6 Å². The Balaban J connectivity index is 3.02. The summed E-state index contributed by atoms with van der Waals surface area (Å²) in [6, 6.07) is 3.55. The Hall–Kier alpha value is -1.20. The lowest BCUT2D eigenvalue weighted by Gasteiger charge is -2.08. The third-order valence-electron chi connectivity index (χ3n) is 1.83. The van der Waals surface area contributed by atoms with Crippen LogP contribution in [-0.2, 0) is 4.79 Å². The van der Waals surface area contributed by atoms with Gasteiger partial charge in [-0.25, -0.2) is 0 Å². The fourth-order valence-corrected chi connectivity index (χ4v) is 1.52. The van der Waals surface area contributed by atoms with Crippen LogP contribution in [0.5, 0.6) is 5.75 Å². The number of thioether (sulfide) groups is 1. The monoisotopic (exact) mass is 213 g/mol. The Labute approximate surface area is 85.7 Å². The SMILES string of the molecule is CSc1ccc(C(N)C(=O)O)cc1O. The van der Waals surface area contributed by atoms with Gasteiger partial charge in [-0.3, -0.25) is 4.79 Å². The number of carboxylic acids is 1. The lowest BCUT2D eigenvalue weighted by Crippen LogP contribution is -2.20. The van der Waals surface area contributed by atoms with Gasteiger partial charge < -0.3 is 15.9 Å². The van der Waals surface area contributed by atoms with E-state index in [9.17, 15) is 9.90 Å². The van der Waals surface area contributed by atoms with Gasteiger partial charge in [-0.1, -0.05) is 6.07 Å². The van der Waals surface area contributed by atoms with Gasteiger partial charge in [-0.15, -0.1) is 11.8 Å². The van der Waals surface area contributed by atoms with Crippen LogP contribution in [0, 0.1) is 0 Å². The highest BCUT2D eigenvalue weighted by Gasteiger charge is 2.15. The number of carboxylic acid groups (broad SMARTS) is 1. The maximum absolute atomic E-state index is 10.6. The lowest BCUT2D eigenvalue weighted by molar-refractivity contribution is -0.138. The smallest absolute Gasteiger partial charge is 0.325 e. The van der Waals surface area contributed by atoms with Crippen LogP contribution in [0.2, 0.25) is 0 Å². The van der Waals surface area contributed by atoms with Gasteiger partial charge in [-0.05, 0) is 24.0 Å². The fraction of sp³-hybridized carbons (Fsp3) is 0.222. The van der Waals surface area contributed by atoms with Crippen LogP contribution in [-0.4, -0.2) is 22.4 Å². The molecule has 0 aromatic heterocycles. The van der Waals surface area contributed by atoms with Crippen molar-refractivity contribution in [2.45, 2.75) is 10.9 Å². The molecule has 1 unspecified atom stereocenters. The van der Waals surface area contributed by atoms with Gasteiger partial charge in [0, 0.05) is 4.90 Å². The summed E-state index contributed by atoms with van der Waals surface area (Å²) in [7, 11) is 0. The van der Waals surface area contributed by atoms with Gasteiger partial charge in [-0.2, -0.15) is 0 Å². The van der Waals surface area contributed by atoms with Crippen LogP contribution < -0.4 is 5.73 Å². The average molecular weight is 213 g/mol. The molecule has 0 bridgehead atoms. The second-order valence-corrected chi connectivity index (χ2v) is 3.60. The highest BCUT2D eigenvalue weighted by molar-refractivity contribution is 7.98. The molecule has 4 N–H and O–H groups in total. The molecule has 76 valence electrons. The number of rotatable bonds is 3. The number of benzene rings is 1. The van der Waals surface area contributed by atoms with E-state index >= 15 is 0 Å². The molecule has 0 aliphatic carbocycles. The molecule has 5 heteroatoms. The second kappa shape index (κ2) is 4.34. The van der Waals surface area contributed by atoms with Crippen molar-refractivity contribution in [1.29, 1.82) is 0 Å². The normalized spacial score (nSPS) is 12.4. The first kappa shape index (κ1) is 10.9. The molecule has 0 amide bonds. The van der Waals surface area contributed by atoms with E-state index in [4.69, 9.17) is 10.8 Å². The van der Waals surface area contributed by atoms with Crippen LogP contribution in [0.15, 0.2) is 23.1 Å². The summed E-state index contributed by atoms with van der Waals surface area (Å²) in [6.07, 6.45) is 1.83. The number of carbonyl (C=O) groups is 1. The maximum Gasteiger partial charge on any atom is 0.325 e. The Bertz CT molecular complexity index is 354. The van der Waals surface area contributed by atoms with Crippen molar-refractivity contribution in [1.82, 2.24) is 0 Å². The highest BCUT2D eigenvalue weighted by atomic mass is 32.2. The van der Waals surface area contributed by atoms with Gasteiger partial charge in [0.2, 0.25) is 0 Å². The van der Waals surface area contributed by atoms with E-state index in [0.29, 0.717) is 10.5 Å². The molecule has 0 spiro atoms. The Morgan fingerprint density at radius 1 is 1.57 bits per heavy atom. The third-order valence-corrected chi connectivity index (χ3v) is 2.61. The van der Waals surface area contributed by atoms with E-state index in [2.05, 4.69) is 0 Å². The van der Waals surface area contributed by atoms with Gasteiger partial charge in [0.25, 0.3) is 0 Å². The number of phenolic OH excluding ortho intramolecular Hbond substituents is 1. The van der Waals surface area contributed by atoms with Crippen molar-refractivity contribution in [2.24, 2.45) is 5.73 Å². The summed E-state index contributed by atoms with van der Waals surface area (Å²) < 4.78 is 0. The van der Waals surface area contributed by atoms with Crippen molar-refractivity contribution in [3.8, 4) is 5.75 Å². The van der Waals surface area contributed by atoms with Gasteiger partial charge in [0.1, 0.15) is 11.8 Å². The number of aromatic hydroxyl groups is 1. The number of hydrogen-bond donors (Lipinski definition) is 3. The highest BCUT2D eigenvalue weighted by Crippen LogP contribution is 2.28. The molecule has 0 heterocycles. The predicted octanol–water partition coefficient (Wildman–Crippen LogP) is 1.20. The predicted molar refractivity (Wildman–Crippen MR) is 54.5 cm³/mol. The van der Waals surface area contributed by atoms with Gasteiger partial charge in [0.15, 0.2) is 0 Å². The first-order valence-corrected chi connectivity index (χ1v) is 5.14. The maximum atomic E-state index is 10.6. The van der Waals surface area contributed by atoms with Crippen molar-refractivity contribution in [3.05, 3.63) is 23.8 Å². The van der Waals surface area contributed by atoms with E-state index < -0.39 is 12.0 Å². The quantitative estimate of drug-likeness (QED) is 0.657. The fourth-order valence-electron chi connectivity index (χ4n) is 1.04. The first-order valence-electron chi connectivity index (χ1n) is 3.91. The summed E-state index contributed by atoms with van der Waals surface area (Å²) >= 11 is 1.39. The number of phenols is 1. The minimum absolute atomic E-state index is 0.0618. The van der Waals surface area contributed by atoms with Crippen LogP contribution in [0.1, 0.15) is 11.6 Å². The van der Waals surface area contributed by atoms with E-state index in [1.54, 1.807) is 12.1 Å². The molecule has 0 saturated carbocycles. The molecule has 0 aliphatic heterocycles. The number of hydrogen-bond acceptors (Lipinski definition) is 4. The summed E-state index contributed by atoms with van der Waals surface area (Å²) in [5.41, 5.74) is 5.78. The van der Waals surface area contributed by atoms with Crippen molar-refractivity contribution >= 4 is 17.7 Å². The average Bonchev–Trinajstić information content (AvgIpc) is 2.16. The molecule has 4 nitrogen and oxygen atoms in total. The van der Waals surface area contributed by atoms with E-state index in [1.165, 1.54) is 17.8 Å². The van der Waals surface area contributed by atoms with Crippen LogP contribution in [0.25, 0.3) is 0 Å². The van der Waals surface area contributed by atoms with E-state index in [1.807, 2.05) is 6.26 Å². The number of nitrogens with two attached hydrogens (primary N) is 1. The van der Waals surface area contributed by atoms with E-state index in [0.717, 1.165) is 0 Å². The minimum atomic E-state index is -1.11. The molecule has 1 atom stereocenters. The molecule has 0 aliphatic rings. The summed E-state index contributed by atoms with van der Waals surface area (Å²) in [4.78, 5) is 11.3. The van der Waals surface area contributed by atoms with Gasteiger partial charge in [0.05, 0.1) is 0 Å². The van der Waals surface area contributed by atoms with Crippen molar-refractivity contribution < 1.29 is 15.0 Å². The van der Waals surface area contributed by atoms with Crippen molar-refractivity contribution in [2.75, 3.05) is 6.26 Å². The summed E-state index contributed by atoms with van der Waals surface area (Å²) in [5.74, 6) is -1.05. The van der Waals surface area contributed by atoms with Crippen LogP contribution in [0.4, 0.5) is 0 Å². The second-order valence-electron chi connectivity index (χ2n) is 2.75. The molecule has 1 aromatic rings. The molecule has 14 heavy (non-hydrogen) atoms. The minimum Gasteiger partial charge on any atom is -0.507 e. The number of aliphatic carboxylic acids is 1. The van der Waals surface area contributed by atoms with Crippen LogP contribution in [0.3, 0.4) is 0 Å². The molecular formula is C9H11NO3S. The zero-order chi connectivity index (χ0) is 10.7. The molecule has 0 saturated heterocycles. The Kier molecular flexibility index (Phi) is 3.38. The molecule has 0 radical (unpaired) electrons. The largest absolute Gasteiger partial charge is 0.507 e. The molecule has 0 fully saturated rings. The molecular weight excluding hydrogens is 202 g/mol. The van der Waals surface area contributed by atoms with Gasteiger partial charge >= 0.3 is 5.97 Å². The summed E-state index contributed by atoms with van der Waals surface area (Å²) in [5, 5.41) is 18.1. The zero-order valence-corrected chi connectivity index (χ0v) is 8.41. The summed E-state index contributed by atoms with van der Waals surface area (Å²) in [6.45, 7) is 0. The zero-order valence-electron chi connectivity index (χ0n) is 7.60. The molecule has 1 aromatic carbocycles. The first-order chi connectivity index (χ1) is 6.56. The van der Waals surface area contributed by atoms with Crippen LogP contribution >= 0.6 is 11.8 Å². The van der Waals surface area contributed by atoms with E-state index in [-0.39, 0.29) is 5.75 Å². The standard InChI is InChI=1S/C9H11NO3S/c1-14-7-3-2-5(4-6(7)11)8(10)9(12)13/h2-4,8,11H,10H2,1H3,(H,12,13). The Morgan fingerprint density at radius 2 is 2.21 bits per heavy atom. The lowest BCUT2D eigenvalue weighted by atomic mass is 10.1.